The van der Waals surface area contributed by atoms with Crippen molar-refractivity contribution >= 4 is 46.3 Å². The molecule has 0 bridgehead atoms. The highest BCUT2D eigenvalue weighted by Gasteiger charge is 2.53. The second-order valence-electron chi connectivity index (χ2n) is 11.4. The van der Waals surface area contributed by atoms with Crippen molar-refractivity contribution in [3.05, 3.63) is 41.0 Å². The van der Waals surface area contributed by atoms with Gasteiger partial charge in [0.15, 0.2) is 12.2 Å². The van der Waals surface area contributed by atoms with Gasteiger partial charge in [-0.3, -0.25) is 24.2 Å². The van der Waals surface area contributed by atoms with Crippen molar-refractivity contribution in [3.8, 4) is 5.75 Å². The van der Waals surface area contributed by atoms with Crippen LogP contribution in [-0.4, -0.2) is 83.2 Å². The molecule has 1 aromatic heterocycles. The molecule has 0 spiro atoms. The Balaban J connectivity index is 1.82. The molecule has 1 N–H and O–H groups in total. The van der Waals surface area contributed by atoms with Crippen LogP contribution in [0.1, 0.15) is 79.5 Å². The first-order valence-corrected chi connectivity index (χ1v) is 16.5. The van der Waals surface area contributed by atoms with E-state index in [-0.39, 0.29) is 18.1 Å². The summed E-state index contributed by atoms with van der Waals surface area (Å²) >= 11 is 1.28. The first-order valence-electron chi connectivity index (χ1n) is 15.5. The maximum absolute atomic E-state index is 13.6. The number of rotatable bonds is 15. The summed E-state index contributed by atoms with van der Waals surface area (Å²) in [4.78, 5) is 72.0. The van der Waals surface area contributed by atoms with Gasteiger partial charge >= 0.3 is 23.5 Å². The second-order valence-corrected chi connectivity index (χ2v) is 12.3. The summed E-state index contributed by atoms with van der Waals surface area (Å²) in [6.45, 7) is 14.3. The monoisotopic (exact) mass is 693 g/mol. The number of nitrogens with one attached hydrogen (secondary N) is 1. The quantitative estimate of drug-likeness (QED) is 0.0926. The number of esters is 3. The van der Waals surface area contributed by atoms with Gasteiger partial charge < -0.3 is 38.3 Å². The first-order chi connectivity index (χ1) is 22.7. The highest BCUT2D eigenvalue weighted by Crippen LogP contribution is 2.33. The fourth-order valence-corrected chi connectivity index (χ4v) is 6.13. The molecule has 1 fully saturated rings. The van der Waals surface area contributed by atoms with E-state index >= 15 is 0 Å². The fraction of sp³-hybridized carbons (Fsp3) is 0.594. The molecule has 48 heavy (non-hydrogen) atoms. The molecule has 16 heteroatoms. The zero-order chi connectivity index (χ0) is 35.6. The van der Waals surface area contributed by atoms with Gasteiger partial charge in [-0.05, 0) is 26.7 Å². The topological polar surface area (TPSA) is 191 Å². The van der Waals surface area contributed by atoms with E-state index in [4.69, 9.17) is 32.9 Å². The van der Waals surface area contributed by atoms with Gasteiger partial charge in [0.25, 0.3) is 6.29 Å². The number of carbonyl (C=O) groups is 4. The maximum Gasteiger partial charge on any atom is 0.339 e. The van der Waals surface area contributed by atoms with Gasteiger partial charge in [0.05, 0.1) is 12.1 Å². The molecule has 264 valence electrons. The standard InChI is InChI=1S/C32H43N3O12S/c1-9-12-22(24-14-21(41-13-10-2)15-25(39)45-24)33-31(40)32(8)16-48-29(34-32)17(4)35-47-30-28(44-20(7)38)27(43-19(6)37)26(42-18(5)36)23(11-3)46-30/h10,14-15,22-23,26-28,30H,2,9,11-13,16H2,1,3-8H3,(H,33,40)/b35-17+/t22-,23-,26-,27+,28-,30-,32+/m1/s1. The van der Waals surface area contributed by atoms with Crippen molar-refractivity contribution in [3.63, 3.8) is 0 Å². The summed E-state index contributed by atoms with van der Waals surface area (Å²) in [5.41, 5.74) is -1.52. The lowest BCUT2D eigenvalue weighted by atomic mass is 9.96. The minimum atomic E-state index is -1.35. The van der Waals surface area contributed by atoms with E-state index in [0.717, 1.165) is 6.92 Å². The molecule has 2 aliphatic heterocycles. The highest BCUT2D eigenvalue weighted by atomic mass is 32.2. The Hall–Kier alpha value is -4.18. The van der Waals surface area contributed by atoms with Gasteiger partial charge in [0.2, 0.25) is 12.0 Å². The summed E-state index contributed by atoms with van der Waals surface area (Å²) in [5, 5.41) is 7.53. The first kappa shape index (κ1) is 38.3. The number of nitrogens with zero attached hydrogens (tertiary/aromatic N) is 2. The molecule has 0 aromatic carbocycles. The smallest absolute Gasteiger partial charge is 0.339 e. The molecule has 3 heterocycles. The van der Waals surface area contributed by atoms with Crippen LogP contribution in [0.25, 0.3) is 0 Å². The van der Waals surface area contributed by atoms with Crippen molar-refractivity contribution < 1.29 is 52.1 Å². The zero-order valence-corrected chi connectivity index (χ0v) is 29.0. The molecule has 15 nitrogen and oxygen atoms in total. The van der Waals surface area contributed by atoms with E-state index in [1.165, 1.54) is 31.7 Å². The summed E-state index contributed by atoms with van der Waals surface area (Å²) in [6.07, 6.45) is -2.73. The van der Waals surface area contributed by atoms with E-state index in [9.17, 15) is 24.0 Å². The summed E-state index contributed by atoms with van der Waals surface area (Å²) in [6, 6.07) is 2.17. The zero-order valence-electron chi connectivity index (χ0n) is 28.1. The molecule has 1 saturated heterocycles. The Labute approximate surface area is 282 Å². The number of thioether (sulfide) groups is 1. The van der Waals surface area contributed by atoms with Crippen LogP contribution in [0.3, 0.4) is 0 Å². The Morgan fingerprint density at radius 2 is 1.73 bits per heavy atom. The summed E-state index contributed by atoms with van der Waals surface area (Å²) in [7, 11) is 0. The summed E-state index contributed by atoms with van der Waals surface area (Å²) < 4.78 is 33.2. The number of hydrogen-bond acceptors (Lipinski definition) is 15. The van der Waals surface area contributed by atoms with Gasteiger partial charge in [0.1, 0.15) is 40.5 Å². The number of amides is 1. The Morgan fingerprint density at radius 1 is 1.08 bits per heavy atom. The maximum atomic E-state index is 13.6. The predicted molar refractivity (Wildman–Crippen MR) is 175 cm³/mol. The van der Waals surface area contributed by atoms with Crippen LogP contribution in [-0.2, 0) is 43.0 Å². The van der Waals surface area contributed by atoms with Crippen molar-refractivity contribution in [1.82, 2.24) is 5.32 Å². The van der Waals surface area contributed by atoms with E-state index in [0.29, 0.717) is 35.8 Å². The number of aliphatic imine (C=N–C) groups is 1. The van der Waals surface area contributed by atoms with Crippen LogP contribution in [0.15, 0.2) is 44.1 Å². The molecular formula is C32H43N3O12S. The Kier molecular flexibility index (Phi) is 13.8. The SMILES string of the molecule is C=CCOc1cc([C@@H](CCC)NC(=O)[C@]2(C)CSC(/C(C)=N/O[C@H]3O[C@H](CC)[C@@H](OC(C)=O)[C@H](OC(C)=O)[C@H]3OC(C)=O)=N2)oc(=O)c1. The minimum absolute atomic E-state index is 0.198. The molecule has 0 aliphatic carbocycles. The largest absolute Gasteiger partial charge is 0.489 e. The number of carbonyl (C=O) groups excluding carboxylic acids is 4. The minimum Gasteiger partial charge on any atom is -0.489 e. The van der Waals surface area contributed by atoms with Gasteiger partial charge in [-0.1, -0.05) is 38.1 Å². The molecule has 0 unspecified atom stereocenters. The molecular weight excluding hydrogens is 650 g/mol. The third-order valence-electron chi connectivity index (χ3n) is 7.19. The van der Waals surface area contributed by atoms with E-state index in [1.54, 1.807) is 32.9 Å². The lowest BCUT2D eigenvalue weighted by molar-refractivity contribution is -0.304. The average Bonchev–Trinajstić information content (AvgIpc) is 3.43. The summed E-state index contributed by atoms with van der Waals surface area (Å²) in [5.74, 6) is -1.63. The van der Waals surface area contributed by atoms with Crippen LogP contribution in [0.4, 0.5) is 0 Å². The van der Waals surface area contributed by atoms with Crippen molar-refractivity contribution in [2.24, 2.45) is 10.1 Å². The Morgan fingerprint density at radius 3 is 2.33 bits per heavy atom. The van der Waals surface area contributed by atoms with Crippen LogP contribution < -0.4 is 15.7 Å². The van der Waals surface area contributed by atoms with Crippen LogP contribution in [0.2, 0.25) is 0 Å². The van der Waals surface area contributed by atoms with Crippen LogP contribution in [0, 0.1) is 0 Å². The van der Waals surface area contributed by atoms with Crippen molar-refractivity contribution in [2.75, 3.05) is 12.4 Å². The molecule has 1 aromatic rings. The van der Waals surface area contributed by atoms with Gasteiger partial charge in [-0.2, -0.15) is 0 Å². The van der Waals surface area contributed by atoms with E-state index in [2.05, 4.69) is 22.0 Å². The number of ether oxygens (including phenoxy) is 5. The third kappa shape index (κ3) is 10.2. The number of oxime groups is 1. The molecule has 0 saturated carbocycles. The molecule has 7 atom stereocenters. The highest BCUT2D eigenvalue weighted by molar-refractivity contribution is 8.16. The molecule has 2 aliphatic rings. The Bertz CT molecular complexity index is 1480. The predicted octanol–water partition coefficient (Wildman–Crippen LogP) is 3.39. The normalized spacial score (nSPS) is 26.0. The average molecular weight is 694 g/mol. The van der Waals surface area contributed by atoms with Gasteiger partial charge in [-0.25, -0.2) is 4.79 Å². The van der Waals surface area contributed by atoms with Crippen molar-refractivity contribution in [2.45, 2.75) is 110 Å². The molecule has 1 amide bonds. The second kappa shape index (κ2) is 17.3. The third-order valence-corrected chi connectivity index (χ3v) is 8.55. The molecule has 3 rings (SSSR count). The lowest BCUT2D eigenvalue weighted by Gasteiger charge is -2.43. The van der Waals surface area contributed by atoms with Crippen molar-refractivity contribution in [1.29, 1.82) is 0 Å². The van der Waals surface area contributed by atoms with E-state index < -0.39 is 71.7 Å². The molecule has 0 radical (unpaired) electrons. The number of hydrogen-bond donors (Lipinski definition) is 1. The lowest BCUT2D eigenvalue weighted by Crippen LogP contribution is -2.61. The van der Waals surface area contributed by atoms with Gasteiger partial charge in [0, 0.05) is 32.6 Å². The van der Waals surface area contributed by atoms with Crippen LogP contribution >= 0.6 is 11.8 Å². The fourth-order valence-electron chi connectivity index (χ4n) is 5.01. The van der Waals surface area contributed by atoms with Crippen LogP contribution in [0.5, 0.6) is 5.75 Å². The van der Waals surface area contributed by atoms with E-state index in [1.807, 2.05) is 6.92 Å². The van der Waals surface area contributed by atoms with Gasteiger partial charge in [-0.15, -0.1) is 11.8 Å².